The number of phenols is 2. The molecule has 3 N–H and O–H groups in total. The second-order valence-corrected chi connectivity index (χ2v) is 14.3. The number of carbonyl (C=O) groups excluding carboxylic acids is 2. The van der Waals surface area contributed by atoms with E-state index < -0.39 is 29.4 Å². The first-order chi connectivity index (χ1) is 23.0. The molecule has 3 aromatic rings. The number of aromatic hydroxyl groups is 2. The summed E-state index contributed by atoms with van der Waals surface area (Å²) in [7, 11) is 0. The van der Waals surface area contributed by atoms with E-state index in [2.05, 4.69) is 9.88 Å². The highest BCUT2D eigenvalue weighted by Gasteiger charge is 2.48. The molecular weight excluding hydrogens is 669 g/mol. The van der Waals surface area contributed by atoms with Crippen LogP contribution in [0.2, 0.25) is 0 Å². The van der Waals surface area contributed by atoms with E-state index in [0.29, 0.717) is 67.0 Å². The third kappa shape index (κ3) is 9.16. The lowest BCUT2D eigenvalue weighted by molar-refractivity contribution is -0.200. The van der Waals surface area contributed by atoms with Crippen LogP contribution < -0.4 is 9.61 Å². The predicted molar refractivity (Wildman–Crippen MR) is 175 cm³/mol. The van der Waals surface area contributed by atoms with E-state index in [4.69, 9.17) is 14.2 Å². The van der Waals surface area contributed by atoms with Gasteiger partial charge in [0.15, 0.2) is 0 Å². The van der Waals surface area contributed by atoms with Gasteiger partial charge >= 0.3 is 23.0 Å². The van der Waals surface area contributed by atoms with Crippen molar-refractivity contribution in [2.75, 3.05) is 52.5 Å². The highest BCUT2D eigenvalue weighted by molar-refractivity contribution is 7.16. The zero-order chi connectivity index (χ0) is 35.6. The number of nitrogens with zero attached hydrogens (tertiary/aromatic N) is 3. The van der Waals surface area contributed by atoms with Crippen molar-refractivity contribution in [3.05, 3.63) is 51.1 Å². The van der Waals surface area contributed by atoms with Crippen LogP contribution in [0.15, 0.2) is 35.1 Å². The van der Waals surface area contributed by atoms with Crippen molar-refractivity contribution in [3.63, 3.8) is 0 Å². The van der Waals surface area contributed by atoms with Crippen LogP contribution in [-0.2, 0) is 27.2 Å². The summed E-state index contributed by atoms with van der Waals surface area (Å²) in [5, 5.41) is 21.0. The summed E-state index contributed by atoms with van der Waals surface area (Å²) in [4.78, 5) is 43.6. The Morgan fingerprint density at radius 3 is 2.45 bits per heavy atom. The van der Waals surface area contributed by atoms with Gasteiger partial charge in [-0.05, 0) is 63.8 Å². The number of likely N-dealkylation sites (tertiary alicyclic amines) is 1. The number of alkyl halides is 3. The number of ether oxygens (including phenoxy) is 3. The largest absolute Gasteiger partial charge is 0.507 e. The molecule has 1 spiro atoms. The summed E-state index contributed by atoms with van der Waals surface area (Å²) >= 11 is 0.978. The van der Waals surface area contributed by atoms with Crippen molar-refractivity contribution in [2.45, 2.75) is 64.0 Å². The van der Waals surface area contributed by atoms with E-state index in [1.54, 1.807) is 39.0 Å². The third-order valence-corrected chi connectivity index (χ3v) is 9.54. The minimum atomic E-state index is -4.91. The number of carbonyl (C=O) groups is 2. The van der Waals surface area contributed by atoms with E-state index in [1.807, 2.05) is 0 Å². The first-order valence-electron chi connectivity index (χ1n) is 16.0. The topological polar surface area (TPSA) is 145 Å². The first kappa shape index (κ1) is 36.3. The number of halogens is 3. The molecule has 3 heterocycles. The highest BCUT2D eigenvalue weighted by atomic mass is 32.1. The Balaban J connectivity index is 1.15. The average molecular weight is 711 g/mol. The number of aromatic nitrogens is 1. The van der Waals surface area contributed by atoms with Crippen LogP contribution in [0.4, 0.5) is 18.0 Å². The third-order valence-electron chi connectivity index (χ3n) is 8.58. The molecule has 1 aromatic heterocycles. The van der Waals surface area contributed by atoms with Gasteiger partial charge in [0, 0.05) is 44.4 Å². The van der Waals surface area contributed by atoms with Gasteiger partial charge < -0.3 is 39.2 Å². The fourth-order valence-corrected chi connectivity index (χ4v) is 6.93. The number of morpholine rings is 1. The van der Waals surface area contributed by atoms with Crippen LogP contribution in [-0.4, -0.2) is 112 Å². The quantitative estimate of drug-likeness (QED) is 0.290. The van der Waals surface area contributed by atoms with Gasteiger partial charge in [-0.1, -0.05) is 17.4 Å². The molecule has 2 aliphatic rings. The lowest BCUT2D eigenvalue weighted by Crippen LogP contribution is -2.59. The SMILES string of the molecule is CC(C)(C)OC(=O)N(CCc1ccc(O)c2[nH]c(=O)sc12)Cc1ccc(OCCN2CCC3(CC2)CN(C(=O)C(F)(F)F)CCO3)cc1O. The lowest BCUT2D eigenvalue weighted by atomic mass is 9.89. The summed E-state index contributed by atoms with van der Waals surface area (Å²) in [6.07, 6.45) is -4.15. The summed E-state index contributed by atoms with van der Waals surface area (Å²) < 4.78 is 56.9. The number of amides is 2. The molecule has 2 amide bonds. The molecule has 0 bridgehead atoms. The van der Waals surface area contributed by atoms with Crippen LogP contribution in [0, 0.1) is 0 Å². The maximum atomic E-state index is 13.2. The molecule has 49 heavy (non-hydrogen) atoms. The number of fused-ring (bicyclic) bond motifs is 1. The maximum absolute atomic E-state index is 13.2. The Kier molecular flexibility index (Phi) is 10.7. The van der Waals surface area contributed by atoms with E-state index in [9.17, 15) is 37.8 Å². The molecule has 2 aliphatic heterocycles. The summed E-state index contributed by atoms with van der Waals surface area (Å²) in [6.45, 7) is 7.40. The Labute approximate surface area is 285 Å². The van der Waals surface area contributed by atoms with Crippen LogP contribution in [0.3, 0.4) is 0 Å². The highest BCUT2D eigenvalue weighted by Crippen LogP contribution is 2.33. The normalized spacial score (nSPS) is 17.0. The predicted octanol–water partition coefficient (Wildman–Crippen LogP) is 4.62. The molecule has 12 nitrogen and oxygen atoms in total. The zero-order valence-electron chi connectivity index (χ0n) is 27.6. The molecule has 268 valence electrons. The van der Waals surface area contributed by atoms with E-state index in [1.165, 1.54) is 17.0 Å². The molecule has 0 radical (unpaired) electrons. The number of thiazole rings is 1. The molecule has 2 saturated heterocycles. The zero-order valence-corrected chi connectivity index (χ0v) is 28.4. The Bertz CT molecular complexity index is 1710. The molecular formula is C33H41F3N4O8S. The van der Waals surface area contributed by atoms with Gasteiger partial charge in [-0.2, -0.15) is 13.2 Å². The Hall–Kier alpha value is -4.02. The smallest absolute Gasteiger partial charge is 0.471 e. The monoisotopic (exact) mass is 710 g/mol. The van der Waals surface area contributed by atoms with Crippen LogP contribution in [0.25, 0.3) is 10.2 Å². The summed E-state index contributed by atoms with van der Waals surface area (Å²) in [5.41, 5.74) is 0.0377. The lowest BCUT2D eigenvalue weighted by Gasteiger charge is -2.47. The van der Waals surface area contributed by atoms with Crippen molar-refractivity contribution in [2.24, 2.45) is 0 Å². The molecule has 2 fully saturated rings. The van der Waals surface area contributed by atoms with E-state index in [-0.39, 0.29) is 49.2 Å². The number of phenolic OH excluding ortho intramolecular Hbond substituents is 2. The maximum Gasteiger partial charge on any atom is 0.471 e. The van der Waals surface area contributed by atoms with Crippen molar-refractivity contribution in [3.8, 4) is 17.2 Å². The van der Waals surface area contributed by atoms with E-state index >= 15 is 0 Å². The first-order valence-corrected chi connectivity index (χ1v) is 16.8. The molecule has 16 heteroatoms. The molecule has 2 aromatic carbocycles. The second-order valence-electron chi connectivity index (χ2n) is 13.4. The second kappa shape index (κ2) is 14.5. The molecule has 0 saturated carbocycles. The minimum Gasteiger partial charge on any atom is -0.507 e. The summed E-state index contributed by atoms with van der Waals surface area (Å²) in [6, 6.07) is 8.02. The number of aromatic amines is 1. The fraction of sp³-hybridized carbons (Fsp3) is 0.545. The standard InChI is InChI=1S/C33H41F3N4O8S/c1-31(2,3)48-30(45)39(11-8-21-5-7-24(41)26-27(21)49-29(44)37-26)19-22-4-6-23(18-25(22)42)46-16-14-38-12-9-32(10-13-38)20-40(15-17-47-32)28(43)33(34,35)36/h4-7,18,41-42H,8-17,19-20H2,1-3H3,(H,37,44). The van der Waals surface area contributed by atoms with Gasteiger partial charge in [0.1, 0.15) is 35.0 Å². The number of piperidine rings is 1. The van der Waals surface area contributed by atoms with Crippen molar-refractivity contribution in [1.29, 1.82) is 0 Å². The Morgan fingerprint density at radius 2 is 1.78 bits per heavy atom. The average Bonchev–Trinajstić information content (AvgIpc) is 3.43. The molecule has 0 unspecified atom stereocenters. The van der Waals surface area contributed by atoms with E-state index in [0.717, 1.165) is 21.8 Å². The van der Waals surface area contributed by atoms with Crippen molar-refractivity contribution < 1.29 is 47.2 Å². The summed E-state index contributed by atoms with van der Waals surface area (Å²) in [5.74, 6) is -1.52. The van der Waals surface area contributed by atoms with Gasteiger partial charge in [-0.3, -0.25) is 14.5 Å². The number of benzene rings is 2. The van der Waals surface area contributed by atoms with Crippen molar-refractivity contribution >= 4 is 33.6 Å². The number of H-pyrrole nitrogens is 1. The number of hydrogen-bond donors (Lipinski definition) is 3. The molecule has 0 aliphatic carbocycles. The van der Waals surface area contributed by atoms with Gasteiger partial charge in [-0.25, -0.2) is 4.79 Å². The van der Waals surface area contributed by atoms with Gasteiger partial charge in [0.05, 0.1) is 30.0 Å². The molecule has 0 atom stereocenters. The fourth-order valence-electron chi connectivity index (χ4n) is 6.04. The van der Waals surface area contributed by atoms with Crippen LogP contribution in [0.5, 0.6) is 17.2 Å². The van der Waals surface area contributed by atoms with Gasteiger partial charge in [-0.15, -0.1) is 0 Å². The number of rotatable bonds is 9. The Morgan fingerprint density at radius 1 is 1.06 bits per heavy atom. The molecule has 5 rings (SSSR count). The van der Waals surface area contributed by atoms with Crippen molar-refractivity contribution in [1.82, 2.24) is 19.7 Å². The van der Waals surface area contributed by atoms with Crippen LogP contribution >= 0.6 is 11.3 Å². The number of hydrogen-bond acceptors (Lipinski definition) is 10. The van der Waals surface area contributed by atoms with Crippen LogP contribution in [0.1, 0.15) is 44.7 Å². The minimum absolute atomic E-state index is 0.0369. The number of nitrogens with one attached hydrogen (secondary N) is 1. The van der Waals surface area contributed by atoms with Gasteiger partial charge in [0.2, 0.25) is 0 Å². The van der Waals surface area contributed by atoms with Gasteiger partial charge in [0.25, 0.3) is 0 Å².